The van der Waals surface area contributed by atoms with Gasteiger partial charge in [0.05, 0.1) is 6.10 Å². The zero-order valence-corrected chi connectivity index (χ0v) is 12.9. The van der Waals surface area contributed by atoms with Crippen molar-refractivity contribution in [2.75, 3.05) is 13.1 Å². The molecule has 3 nitrogen and oxygen atoms in total. The first-order valence-electron chi connectivity index (χ1n) is 8.01. The summed E-state index contributed by atoms with van der Waals surface area (Å²) in [6.07, 6.45) is 7.03. The molecule has 1 aromatic heterocycles. The fourth-order valence-electron chi connectivity index (χ4n) is 3.61. The summed E-state index contributed by atoms with van der Waals surface area (Å²) >= 11 is 1.83. The highest BCUT2D eigenvalue weighted by atomic mass is 32.1. The van der Waals surface area contributed by atoms with E-state index in [1.807, 2.05) is 11.3 Å². The molecule has 1 saturated heterocycles. The van der Waals surface area contributed by atoms with E-state index in [0.29, 0.717) is 12.1 Å². The van der Waals surface area contributed by atoms with Crippen molar-refractivity contribution < 1.29 is 5.11 Å². The van der Waals surface area contributed by atoms with Gasteiger partial charge >= 0.3 is 0 Å². The third-order valence-corrected chi connectivity index (χ3v) is 5.71. The molecule has 2 atom stereocenters. The van der Waals surface area contributed by atoms with Gasteiger partial charge in [-0.1, -0.05) is 18.9 Å². The summed E-state index contributed by atoms with van der Waals surface area (Å²) in [6.45, 7) is 3.29. The largest absolute Gasteiger partial charge is 0.391 e. The summed E-state index contributed by atoms with van der Waals surface area (Å²) in [5.41, 5.74) is 0. The Kier molecular flexibility index (Phi) is 5.10. The van der Waals surface area contributed by atoms with Crippen LogP contribution in [0.1, 0.15) is 43.4 Å². The van der Waals surface area contributed by atoms with E-state index in [-0.39, 0.29) is 6.10 Å². The van der Waals surface area contributed by atoms with Gasteiger partial charge in [0.1, 0.15) is 0 Å². The molecule has 0 radical (unpaired) electrons. The minimum absolute atomic E-state index is 0.0839. The standard InChI is InChI=1S/C16H26N2OS/c19-16-6-2-1-5-15(16)18-9-7-13(8-10-18)17-12-14-4-3-11-20-14/h3-4,11,13,15-17,19H,1-2,5-10,12H2. The van der Waals surface area contributed by atoms with Gasteiger partial charge in [-0.25, -0.2) is 0 Å². The van der Waals surface area contributed by atoms with Crippen LogP contribution in [0.25, 0.3) is 0 Å². The lowest BCUT2D eigenvalue weighted by Gasteiger charge is -2.41. The third kappa shape index (κ3) is 3.61. The van der Waals surface area contributed by atoms with Gasteiger partial charge in [0, 0.05) is 36.6 Å². The Morgan fingerprint density at radius 3 is 2.70 bits per heavy atom. The van der Waals surface area contributed by atoms with Crippen LogP contribution in [0.4, 0.5) is 0 Å². The van der Waals surface area contributed by atoms with E-state index in [1.165, 1.54) is 37.0 Å². The fraction of sp³-hybridized carbons (Fsp3) is 0.750. The summed E-state index contributed by atoms with van der Waals surface area (Å²) < 4.78 is 0. The van der Waals surface area contributed by atoms with Crippen LogP contribution in [-0.2, 0) is 6.54 Å². The van der Waals surface area contributed by atoms with Crippen LogP contribution in [0, 0.1) is 0 Å². The molecule has 20 heavy (non-hydrogen) atoms. The maximum Gasteiger partial charge on any atom is 0.0695 e. The molecule has 2 aliphatic rings. The molecule has 0 amide bonds. The van der Waals surface area contributed by atoms with E-state index in [1.54, 1.807) is 0 Å². The molecule has 0 aromatic carbocycles. The van der Waals surface area contributed by atoms with E-state index >= 15 is 0 Å². The highest BCUT2D eigenvalue weighted by Gasteiger charge is 2.31. The monoisotopic (exact) mass is 294 g/mol. The maximum absolute atomic E-state index is 10.2. The second-order valence-electron chi connectivity index (χ2n) is 6.19. The number of piperidine rings is 1. The average molecular weight is 294 g/mol. The van der Waals surface area contributed by atoms with Crippen LogP contribution in [0.15, 0.2) is 17.5 Å². The molecule has 3 rings (SSSR count). The number of nitrogens with zero attached hydrogens (tertiary/aromatic N) is 1. The molecule has 4 heteroatoms. The van der Waals surface area contributed by atoms with Gasteiger partial charge in [-0.15, -0.1) is 11.3 Å². The van der Waals surface area contributed by atoms with E-state index in [2.05, 4.69) is 27.7 Å². The average Bonchev–Trinajstić information content (AvgIpc) is 3.00. The second-order valence-corrected chi connectivity index (χ2v) is 7.22. The second kappa shape index (κ2) is 7.03. The number of thiophene rings is 1. The molecule has 1 saturated carbocycles. The van der Waals surface area contributed by atoms with Crippen molar-refractivity contribution in [2.45, 2.75) is 63.3 Å². The normalized spacial score (nSPS) is 29.6. The predicted octanol–water partition coefficient (Wildman–Crippen LogP) is 2.61. The Balaban J connectivity index is 1.42. The van der Waals surface area contributed by atoms with Gasteiger partial charge in [-0.05, 0) is 37.1 Å². The SMILES string of the molecule is OC1CCCCC1N1CCC(NCc2cccs2)CC1. The van der Waals surface area contributed by atoms with Gasteiger partial charge in [0.25, 0.3) is 0 Å². The van der Waals surface area contributed by atoms with Gasteiger partial charge in [0.15, 0.2) is 0 Å². The number of aliphatic hydroxyl groups is 1. The number of aliphatic hydroxyl groups excluding tert-OH is 1. The van der Waals surface area contributed by atoms with E-state index < -0.39 is 0 Å². The first-order chi connectivity index (χ1) is 9.83. The van der Waals surface area contributed by atoms with Crippen LogP contribution in [0.5, 0.6) is 0 Å². The Labute approximate surface area is 126 Å². The molecule has 2 N–H and O–H groups in total. The van der Waals surface area contributed by atoms with Gasteiger partial charge in [-0.2, -0.15) is 0 Å². The molecule has 0 bridgehead atoms. The van der Waals surface area contributed by atoms with Crippen LogP contribution in [0.3, 0.4) is 0 Å². The predicted molar refractivity (Wildman–Crippen MR) is 84.0 cm³/mol. The van der Waals surface area contributed by atoms with Crippen molar-refractivity contribution in [3.63, 3.8) is 0 Å². The van der Waals surface area contributed by atoms with Crippen molar-refractivity contribution in [3.05, 3.63) is 22.4 Å². The van der Waals surface area contributed by atoms with Crippen molar-refractivity contribution in [3.8, 4) is 0 Å². The maximum atomic E-state index is 10.2. The first kappa shape index (κ1) is 14.5. The number of hydrogen-bond acceptors (Lipinski definition) is 4. The summed E-state index contributed by atoms with van der Waals surface area (Å²) in [7, 11) is 0. The fourth-order valence-corrected chi connectivity index (χ4v) is 4.27. The highest BCUT2D eigenvalue weighted by molar-refractivity contribution is 7.09. The lowest BCUT2D eigenvalue weighted by molar-refractivity contribution is 0.00715. The molecule has 112 valence electrons. The smallest absolute Gasteiger partial charge is 0.0695 e. The zero-order chi connectivity index (χ0) is 13.8. The lowest BCUT2D eigenvalue weighted by Crippen LogP contribution is -2.51. The molecule has 2 heterocycles. The topological polar surface area (TPSA) is 35.5 Å². The molecular formula is C16H26N2OS. The minimum Gasteiger partial charge on any atom is -0.391 e. The van der Waals surface area contributed by atoms with Crippen molar-refractivity contribution in [1.29, 1.82) is 0 Å². The number of hydrogen-bond donors (Lipinski definition) is 2. The van der Waals surface area contributed by atoms with E-state index in [0.717, 1.165) is 26.1 Å². The Hall–Kier alpha value is -0.420. The number of nitrogens with one attached hydrogen (secondary N) is 1. The third-order valence-electron chi connectivity index (χ3n) is 4.84. The Morgan fingerprint density at radius 1 is 1.20 bits per heavy atom. The summed E-state index contributed by atoms with van der Waals surface area (Å²) in [4.78, 5) is 3.96. The molecule has 1 aliphatic heterocycles. The van der Waals surface area contributed by atoms with Crippen LogP contribution in [0.2, 0.25) is 0 Å². The molecular weight excluding hydrogens is 268 g/mol. The van der Waals surface area contributed by atoms with Crippen LogP contribution in [-0.4, -0.2) is 41.3 Å². The summed E-state index contributed by atoms with van der Waals surface area (Å²) in [6, 6.07) is 5.40. The zero-order valence-electron chi connectivity index (χ0n) is 12.1. The summed E-state index contributed by atoms with van der Waals surface area (Å²) in [5.74, 6) is 0. The van der Waals surface area contributed by atoms with Gasteiger partial charge < -0.3 is 10.4 Å². The molecule has 0 spiro atoms. The van der Waals surface area contributed by atoms with E-state index in [4.69, 9.17) is 0 Å². The van der Waals surface area contributed by atoms with Gasteiger partial charge in [0.2, 0.25) is 0 Å². The molecule has 2 fully saturated rings. The van der Waals surface area contributed by atoms with Gasteiger partial charge in [-0.3, -0.25) is 4.90 Å². The molecule has 1 aromatic rings. The first-order valence-corrected chi connectivity index (χ1v) is 8.89. The Morgan fingerprint density at radius 2 is 2.00 bits per heavy atom. The minimum atomic E-state index is -0.0839. The summed E-state index contributed by atoms with van der Waals surface area (Å²) in [5, 5.41) is 16.0. The van der Waals surface area contributed by atoms with Crippen molar-refractivity contribution in [1.82, 2.24) is 10.2 Å². The quantitative estimate of drug-likeness (QED) is 0.896. The van der Waals surface area contributed by atoms with Crippen molar-refractivity contribution >= 4 is 11.3 Å². The number of likely N-dealkylation sites (tertiary alicyclic amines) is 1. The molecule has 1 aliphatic carbocycles. The Bertz CT molecular complexity index is 387. The van der Waals surface area contributed by atoms with Crippen molar-refractivity contribution in [2.24, 2.45) is 0 Å². The van der Waals surface area contributed by atoms with Crippen LogP contribution >= 0.6 is 11.3 Å². The number of rotatable bonds is 4. The van der Waals surface area contributed by atoms with Crippen LogP contribution < -0.4 is 5.32 Å². The lowest BCUT2D eigenvalue weighted by atomic mass is 9.89. The molecule has 2 unspecified atom stereocenters. The van der Waals surface area contributed by atoms with E-state index in [9.17, 15) is 5.11 Å². The highest BCUT2D eigenvalue weighted by Crippen LogP contribution is 2.26.